The molecule has 9 nitrogen and oxygen atoms in total. The summed E-state index contributed by atoms with van der Waals surface area (Å²) in [4.78, 5) is 3.53. The number of ether oxygens (including phenoxy) is 1. The van der Waals surface area contributed by atoms with Gasteiger partial charge in [0.15, 0.2) is 0 Å². The summed E-state index contributed by atoms with van der Waals surface area (Å²) in [6, 6.07) is -0.883. The maximum Gasteiger partial charge on any atom is 0.303 e. The second-order valence-electron chi connectivity index (χ2n) is 4.00. The average molecular weight is 261 g/mol. The number of methoxy groups -OCH3 is 1. The van der Waals surface area contributed by atoms with Crippen LogP contribution in [0.2, 0.25) is 0 Å². The number of rotatable bonds is 3. The molecule has 1 fully saturated rings. The van der Waals surface area contributed by atoms with Crippen molar-refractivity contribution in [2.24, 2.45) is 0 Å². The van der Waals surface area contributed by atoms with E-state index in [9.17, 15) is 20.4 Å². The lowest BCUT2D eigenvalue weighted by Gasteiger charge is -2.19. The summed E-state index contributed by atoms with van der Waals surface area (Å²) in [6.07, 6.45) is -3.48. The lowest BCUT2D eigenvalue weighted by Crippen LogP contribution is -2.36. The predicted octanol–water partition coefficient (Wildman–Crippen LogP) is -2.51. The van der Waals surface area contributed by atoms with Crippen LogP contribution in [0.1, 0.15) is 6.17 Å². The first-order valence-electron chi connectivity index (χ1n) is 5.28. The average Bonchev–Trinajstić information content (AvgIpc) is 2.80. The number of nitrogens with one attached hydrogen (secondary N) is 1. The van der Waals surface area contributed by atoms with Crippen LogP contribution in [0.15, 0.2) is 0 Å². The van der Waals surface area contributed by atoms with Crippen LogP contribution in [0.25, 0.3) is 0 Å². The Balaban J connectivity index is 2.38. The number of imidazole rings is 1. The van der Waals surface area contributed by atoms with Crippen molar-refractivity contribution in [3.05, 3.63) is 0 Å². The van der Waals surface area contributed by atoms with Crippen LogP contribution < -0.4 is 10.1 Å². The molecule has 102 valence electrons. The van der Waals surface area contributed by atoms with E-state index in [1.807, 2.05) is 0 Å². The molecule has 2 heterocycles. The van der Waals surface area contributed by atoms with Crippen molar-refractivity contribution in [2.45, 2.75) is 24.4 Å². The van der Waals surface area contributed by atoms with Crippen LogP contribution in [0.5, 0.6) is 17.8 Å². The van der Waals surface area contributed by atoms with E-state index < -0.39 is 42.8 Å². The molecule has 6 N–H and O–H groups in total. The third-order valence-electron chi connectivity index (χ3n) is 2.96. The second-order valence-corrected chi connectivity index (χ2v) is 4.00. The molecule has 1 aliphatic rings. The van der Waals surface area contributed by atoms with Crippen molar-refractivity contribution in [1.29, 1.82) is 0 Å². The van der Waals surface area contributed by atoms with Gasteiger partial charge in [-0.3, -0.25) is 5.32 Å². The first-order valence-corrected chi connectivity index (χ1v) is 5.28. The van der Waals surface area contributed by atoms with Crippen molar-refractivity contribution >= 4 is 0 Å². The standard InChI is InChI=1S/C9H15N3O6/c1-18-9-11-7(16)8(17)12(9)6-5(15)4(14)3(2-13)10-6/h3-6,10,13-17H,2H2,1H3/t3-,4-,5+,6+/m1/s1. The van der Waals surface area contributed by atoms with Gasteiger partial charge in [-0.15, -0.1) is 0 Å². The van der Waals surface area contributed by atoms with Crippen LogP contribution in [0, 0.1) is 0 Å². The number of aliphatic hydroxyl groups excluding tert-OH is 3. The second kappa shape index (κ2) is 4.61. The Morgan fingerprint density at radius 3 is 2.50 bits per heavy atom. The molecular weight excluding hydrogens is 246 g/mol. The molecule has 0 saturated carbocycles. The van der Waals surface area contributed by atoms with Crippen molar-refractivity contribution < 1.29 is 30.3 Å². The van der Waals surface area contributed by atoms with Gasteiger partial charge < -0.3 is 30.3 Å². The first kappa shape index (κ1) is 12.9. The minimum Gasteiger partial charge on any atom is -0.490 e. The predicted molar refractivity (Wildman–Crippen MR) is 57.2 cm³/mol. The maximum absolute atomic E-state index is 9.85. The lowest BCUT2D eigenvalue weighted by molar-refractivity contribution is 0.00868. The Hall–Kier alpha value is -1.55. The summed E-state index contributed by atoms with van der Waals surface area (Å²) in [5.41, 5.74) is 0. The van der Waals surface area contributed by atoms with E-state index >= 15 is 0 Å². The maximum atomic E-state index is 9.85. The van der Waals surface area contributed by atoms with Gasteiger partial charge >= 0.3 is 6.01 Å². The van der Waals surface area contributed by atoms with Gasteiger partial charge in [-0.25, -0.2) is 4.57 Å². The van der Waals surface area contributed by atoms with Crippen LogP contribution in [0.3, 0.4) is 0 Å². The number of nitrogens with zero attached hydrogens (tertiary/aromatic N) is 2. The Morgan fingerprint density at radius 2 is 2.00 bits per heavy atom. The summed E-state index contributed by atoms with van der Waals surface area (Å²) in [6.45, 7) is -0.390. The first-order chi connectivity index (χ1) is 8.51. The van der Waals surface area contributed by atoms with Crippen molar-refractivity contribution in [3.8, 4) is 17.8 Å². The third kappa shape index (κ3) is 1.77. The summed E-state index contributed by atoms with van der Waals surface area (Å²) in [5, 5.41) is 50.2. The zero-order chi connectivity index (χ0) is 13.4. The molecule has 0 aromatic carbocycles. The summed E-state index contributed by atoms with van der Waals surface area (Å²) in [7, 11) is 1.28. The van der Waals surface area contributed by atoms with Crippen molar-refractivity contribution in [3.63, 3.8) is 0 Å². The molecule has 1 aromatic heterocycles. The molecule has 0 spiro atoms. The highest BCUT2D eigenvalue weighted by molar-refractivity contribution is 5.31. The SMILES string of the molecule is COc1nc(O)c(O)n1[C@@H]1N[C@H](CO)[C@@H](O)[C@@H]1O. The Labute approximate surface area is 102 Å². The monoisotopic (exact) mass is 261 g/mol. The normalized spacial score (nSPS) is 31.8. The number of hydrogen-bond acceptors (Lipinski definition) is 8. The highest BCUT2D eigenvalue weighted by Crippen LogP contribution is 2.36. The van der Waals surface area contributed by atoms with Gasteiger partial charge in [0.2, 0.25) is 0 Å². The Morgan fingerprint density at radius 1 is 1.33 bits per heavy atom. The molecule has 0 radical (unpaired) electrons. The van der Waals surface area contributed by atoms with Gasteiger partial charge in [0.25, 0.3) is 11.8 Å². The zero-order valence-electron chi connectivity index (χ0n) is 9.56. The fourth-order valence-electron chi connectivity index (χ4n) is 2.02. The quantitative estimate of drug-likeness (QED) is 0.350. The van der Waals surface area contributed by atoms with Crippen LogP contribution in [-0.4, -0.2) is 67.1 Å². The van der Waals surface area contributed by atoms with Crippen LogP contribution in [-0.2, 0) is 0 Å². The number of aromatic hydroxyl groups is 2. The van der Waals surface area contributed by atoms with Gasteiger partial charge in [0, 0.05) is 0 Å². The summed E-state index contributed by atoms with van der Waals surface area (Å²) >= 11 is 0. The number of hydrogen-bond donors (Lipinski definition) is 6. The molecule has 0 amide bonds. The van der Waals surface area contributed by atoms with E-state index in [0.29, 0.717) is 0 Å². The van der Waals surface area contributed by atoms with Gasteiger partial charge in [-0.2, -0.15) is 4.98 Å². The van der Waals surface area contributed by atoms with E-state index in [1.54, 1.807) is 0 Å². The molecule has 2 rings (SSSR count). The van der Waals surface area contributed by atoms with Crippen molar-refractivity contribution in [2.75, 3.05) is 13.7 Å². The Bertz CT molecular complexity index is 436. The fourth-order valence-corrected chi connectivity index (χ4v) is 2.02. The van der Waals surface area contributed by atoms with Gasteiger partial charge in [-0.1, -0.05) is 0 Å². The minimum atomic E-state index is -1.30. The molecule has 0 unspecified atom stereocenters. The molecule has 4 atom stereocenters. The third-order valence-corrected chi connectivity index (χ3v) is 2.96. The van der Waals surface area contributed by atoms with Crippen LogP contribution in [0.4, 0.5) is 0 Å². The summed E-state index contributed by atoms with van der Waals surface area (Å²) < 4.78 is 5.85. The molecule has 1 aromatic rings. The van der Waals surface area contributed by atoms with E-state index in [4.69, 9.17) is 9.84 Å². The van der Waals surface area contributed by atoms with Gasteiger partial charge in [-0.05, 0) is 0 Å². The fraction of sp³-hybridized carbons (Fsp3) is 0.667. The topological polar surface area (TPSA) is 140 Å². The largest absolute Gasteiger partial charge is 0.490 e. The van der Waals surface area contributed by atoms with E-state index in [0.717, 1.165) is 4.57 Å². The molecule has 0 aliphatic carbocycles. The molecule has 1 aliphatic heterocycles. The summed E-state index contributed by atoms with van der Waals surface area (Å²) in [5.74, 6) is -1.25. The molecule has 1 saturated heterocycles. The van der Waals surface area contributed by atoms with E-state index in [1.165, 1.54) is 7.11 Å². The molecular formula is C9H15N3O6. The van der Waals surface area contributed by atoms with Crippen LogP contribution >= 0.6 is 0 Å². The number of aliphatic hydroxyl groups is 3. The zero-order valence-corrected chi connectivity index (χ0v) is 9.56. The molecule has 0 bridgehead atoms. The number of aromatic nitrogens is 2. The molecule has 18 heavy (non-hydrogen) atoms. The van der Waals surface area contributed by atoms with E-state index in [-0.39, 0.29) is 6.01 Å². The Kier molecular flexibility index (Phi) is 3.30. The highest BCUT2D eigenvalue weighted by Gasteiger charge is 2.44. The smallest absolute Gasteiger partial charge is 0.303 e. The van der Waals surface area contributed by atoms with Gasteiger partial charge in [0.05, 0.1) is 19.8 Å². The van der Waals surface area contributed by atoms with E-state index in [2.05, 4.69) is 10.3 Å². The molecule has 9 heteroatoms. The highest BCUT2D eigenvalue weighted by atomic mass is 16.5. The lowest BCUT2D eigenvalue weighted by atomic mass is 10.1. The van der Waals surface area contributed by atoms with Gasteiger partial charge in [0.1, 0.15) is 18.4 Å². The van der Waals surface area contributed by atoms with Crippen molar-refractivity contribution in [1.82, 2.24) is 14.9 Å². The minimum absolute atomic E-state index is 0.132.